The summed E-state index contributed by atoms with van der Waals surface area (Å²) in [6.45, 7) is 0.110. The Bertz CT molecular complexity index is 650. The number of hydrogen-bond donors (Lipinski definition) is 3. The van der Waals surface area contributed by atoms with Crippen molar-refractivity contribution >= 4 is 11.7 Å². The second-order valence-corrected chi connectivity index (χ2v) is 5.18. The second-order valence-electron chi connectivity index (χ2n) is 5.18. The minimum atomic E-state index is -0.267. The van der Waals surface area contributed by atoms with Crippen LogP contribution in [0, 0.1) is 5.92 Å². The molecule has 1 heterocycles. The third-order valence-corrected chi connectivity index (χ3v) is 3.55. The molecule has 0 aliphatic heterocycles. The topological polar surface area (TPSA) is 87.4 Å². The maximum absolute atomic E-state index is 11.9. The summed E-state index contributed by atoms with van der Waals surface area (Å²) < 4.78 is 5.21. The number of hydrogen-bond acceptors (Lipinski definition) is 4. The second kappa shape index (κ2) is 6.44. The van der Waals surface area contributed by atoms with E-state index in [9.17, 15) is 4.79 Å². The summed E-state index contributed by atoms with van der Waals surface area (Å²) in [5, 5.41) is 14.7. The molecule has 114 valence electrons. The number of urea groups is 1. The van der Waals surface area contributed by atoms with Crippen LogP contribution in [0.4, 0.5) is 10.5 Å². The molecule has 0 spiro atoms. The summed E-state index contributed by atoms with van der Waals surface area (Å²) in [7, 11) is 0. The number of aliphatic hydroxyl groups is 1. The van der Waals surface area contributed by atoms with E-state index in [2.05, 4.69) is 15.6 Å². The fraction of sp³-hybridized carbons (Fsp3) is 0.250. The van der Waals surface area contributed by atoms with Gasteiger partial charge in [-0.25, -0.2) is 9.78 Å². The van der Waals surface area contributed by atoms with Crippen molar-refractivity contribution in [2.75, 3.05) is 11.9 Å². The third-order valence-electron chi connectivity index (χ3n) is 3.55. The molecule has 0 saturated heterocycles. The number of oxazole rings is 1. The Kier molecular flexibility index (Phi) is 4.20. The molecule has 0 saturated carbocycles. The van der Waals surface area contributed by atoms with Crippen molar-refractivity contribution in [2.24, 2.45) is 5.92 Å². The van der Waals surface area contributed by atoms with Crippen LogP contribution in [0.5, 0.6) is 0 Å². The highest BCUT2D eigenvalue weighted by Crippen LogP contribution is 2.20. The summed E-state index contributed by atoms with van der Waals surface area (Å²) in [6, 6.07) is 6.94. The van der Waals surface area contributed by atoms with E-state index >= 15 is 0 Å². The maximum atomic E-state index is 11.9. The SMILES string of the molecule is O=C(Nc1ccc(-c2ncco2)cc1)N[C@@H]1C=C[C@H](CO)C1. The first-order valence-corrected chi connectivity index (χ1v) is 7.11. The highest BCUT2D eigenvalue weighted by molar-refractivity contribution is 5.89. The van der Waals surface area contributed by atoms with Gasteiger partial charge in [-0.3, -0.25) is 0 Å². The lowest BCUT2D eigenvalue weighted by molar-refractivity contribution is 0.238. The Balaban J connectivity index is 1.55. The molecule has 1 aliphatic rings. The van der Waals surface area contributed by atoms with Gasteiger partial charge < -0.3 is 20.2 Å². The van der Waals surface area contributed by atoms with Crippen LogP contribution in [-0.4, -0.2) is 28.8 Å². The number of carbonyl (C=O) groups excluding carboxylic acids is 1. The summed E-state index contributed by atoms with van der Waals surface area (Å²) in [6.07, 6.45) is 7.67. The van der Waals surface area contributed by atoms with E-state index in [4.69, 9.17) is 9.52 Å². The molecule has 0 fully saturated rings. The van der Waals surface area contributed by atoms with E-state index in [1.165, 1.54) is 6.26 Å². The lowest BCUT2D eigenvalue weighted by atomic mass is 10.1. The number of amides is 2. The summed E-state index contributed by atoms with van der Waals surface area (Å²) in [5.41, 5.74) is 1.54. The van der Waals surface area contributed by atoms with Crippen LogP contribution in [0.2, 0.25) is 0 Å². The summed E-state index contributed by atoms with van der Waals surface area (Å²) >= 11 is 0. The zero-order valence-electron chi connectivity index (χ0n) is 11.9. The van der Waals surface area contributed by atoms with Crippen molar-refractivity contribution in [3.63, 3.8) is 0 Å². The normalized spacial score (nSPS) is 20.0. The average Bonchev–Trinajstić information content (AvgIpc) is 3.19. The molecular weight excluding hydrogens is 282 g/mol. The van der Waals surface area contributed by atoms with E-state index in [-0.39, 0.29) is 24.6 Å². The largest absolute Gasteiger partial charge is 0.445 e. The van der Waals surface area contributed by atoms with Crippen LogP contribution in [0.15, 0.2) is 53.3 Å². The molecule has 2 atom stereocenters. The van der Waals surface area contributed by atoms with Crippen LogP contribution in [0.1, 0.15) is 6.42 Å². The maximum Gasteiger partial charge on any atom is 0.319 e. The predicted octanol–water partition coefficient (Wildman–Crippen LogP) is 2.40. The van der Waals surface area contributed by atoms with Crippen LogP contribution in [0.3, 0.4) is 0 Å². The number of nitrogens with one attached hydrogen (secondary N) is 2. The lowest BCUT2D eigenvalue weighted by Crippen LogP contribution is -2.36. The van der Waals surface area contributed by atoms with E-state index in [1.54, 1.807) is 18.3 Å². The van der Waals surface area contributed by atoms with Gasteiger partial charge >= 0.3 is 6.03 Å². The highest BCUT2D eigenvalue weighted by atomic mass is 16.3. The van der Waals surface area contributed by atoms with Crippen LogP contribution in [0.25, 0.3) is 11.5 Å². The summed E-state index contributed by atoms with van der Waals surface area (Å²) in [4.78, 5) is 16.0. The Labute approximate surface area is 127 Å². The van der Waals surface area contributed by atoms with E-state index < -0.39 is 0 Å². The Hall–Kier alpha value is -2.60. The monoisotopic (exact) mass is 299 g/mol. The molecule has 6 heteroatoms. The standard InChI is InChI=1S/C16H17N3O3/c20-10-11-1-4-14(9-11)19-16(21)18-13-5-2-12(3-6-13)15-17-7-8-22-15/h1-8,11,14,20H,9-10H2,(H2,18,19,21)/t11-,14+/m0/s1. The van der Waals surface area contributed by atoms with Crippen LogP contribution < -0.4 is 10.6 Å². The van der Waals surface area contributed by atoms with Crippen molar-refractivity contribution in [1.29, 1.82) is 0 Å². The molecule has 1 aliphatic carbocycles. The van der Waals surface area contributed by atoms with E-state index in [0.717, 1.165) is 12.0 Å². The van der Waals surface area contributed by atoms with E-state index in [1.807, 2.05) is 24.3 Å². The van der Waals surface area contributed by atoms with Gasteiger partial charge in [-0.1, -0.05) is 12.2 Å². The first-order chi connectivity index (χ1) is 10.7. The van der Waals surface area contributed by atoms with Gasteiger partial charge in [-0.2, -0.15) is 0 Å². The van der Waals surface area contributed by atoms with Crippen molar-refractivity contribution < 1.29 is 14.3 Å². The van der Waals surface area contributed by atoms with Gasteiger partial charge in [0, 0.05) is 29.8 Å². The Morgan fingerprint density at radius 2 is 2.14 bits per heavy atom. The molecule has 2 amide bonds. The number of aromatic nitrogens is 1. The lowest BCUT2D eigenvalue weighted by Gasteiger charge is -2.13. The molecule has 0 bridgehead atoms. The Morgan fingerprint density at radius 3 is 2.77 bits per heavy atom. The minimum absolute atomic E-state index is 0.0382. The molecule has 3 rings (SSSR count). The molecular formula is C16H17N3O3. The highest BCUT2D eigenvalue weighted by Gasteiger charge is 2.19. The van der Waals surface area contributed by atoms with Gasteiger partial charge in [0.05, 0.1) is 6.20 Å². The van der Waals surface area contributed by atoms with Gasteiger partial charge in [0.15, 0.2) is 0 Å². The van der Waals surface area contributed by atoms with Gasteiger partial charge in [-0.05, 0) is 30.7 Å². The zero-order chi connectivity index (χ0) is 15.4. The molecule has 6 nitrogen and oxygen atoms in total. The van der Waals surface area contributed by atoms with Crippen LogP contribution >= 0.6 is 0 Å². The van der Waals surface area contributed by atoms with Crippen molar-refractivity contribution in [3.8, 4) is 11.5 Å². The third kappa shape index (κ3) is 3.35. The van der Waals surface area contributed by atoms with Gasteiger partial charge in [0.1, 0.15) is 6.26 Å². The smallest absolute Gasteiger partial charge is 0.319 e. The van der Waals surface area contributed by atoms with Crippen molar-refractivity contribution in [2.45, 2.75) is 12.5 Å². The molecule has 3 N–H and O–H groups in total. The van der Waals surface area contributed by atoms with Crippen LogP contribution in [-0.2, 0) is 0 Å². The zero-order valence-corrected chi connectivity index (χ0v) is 11.9. The minimum Gasteiger partial charge on any atom is -0.445 e. The van der Waals surface area contributed by atoms with E-state index in [0.29, 0.717) is 11.6 Å². The quantitative estimate of drug-likeness (QED) is 0.756. The number of nitrogens with zero attached hydrogens (tertiary/aromatic N) is 1. The number of aliphatic hydroxyl groups excluding tert-OH is 1. The first kappa shape index (κ1) is 14.3. The Morgan fingerprint density at radius 1 is 1.32 bits per heavy atom. The number of carbonyl (C=O) groups is 1. The molecule has 22 heavy (non-hydrogen) atoms. The first-order valence-electron chi connectivity index (χ1n) is 7.11. The van der Waals surface area contributed by atoms with Crippen molar-refractivity contribution in [3.05, 3.63) is 48.9 Å². The number of anilines is 1. The average molecular weight is 299 g/mol. The molecule has 0 unspecified atom stereocenters. The molecule has 1 aromatic carbocycles. The summed E-state index contributed by atoms with van der Waals surface area (Å²) in [5.74, 6) is 0.674. The predicted molar refractivity (Wildman–Crippen MR) is 82.2 cm³/mol. The molecule has 1 aromatic heterocycles. The number of benzene rings is 1. The fourth-order valence-electron chi connectivity index (χ4n) is 2.41. The van der Waals surface area contributed by atoms with Gasteiger partial charge in [-0.15, -0.1) is 0 Å². The van der Waals surface area contributed by atoms with Crippen molar-refractivity contribution in [1.82, 2.24) is 10.3 Å². The van der Waals surface area contributed by atoms with Gasteiger partial charge in [0.25, 0.3) is 0 Å². The molecule has 0 radical (unpaired) electrons. The molecule has 2 aromatic rings. The number of rotatable bonds is 4. The fourth-order valence-corrected chi connectivity index (χ4v) is 2.41. The van der Waals surface area contributed by atoms with Gasteiger partial charge in [0.2, 0.25) is 5.89 Å².